The molecule has 0 spiro atoms. The second-order valence-corrected chi connectivity index (χ2v) is 3.69. The van der Waals surface area contributed by atoms with Gasteiger partial charge in [0.05, 0.1) is 4.76 Å². The van der Waals surface area contributed by atoms with Gasteiger partial charge in [-0.1, -0.05) is 6.08 Å². The van der Waals surface area contributed by atoms with Crippen molar-refractivity contribution in [2.75, 3.05) is 0 Å². The van der Waals surface area contributed by atoms with Crippen molar-refractivity contribution in [3.05, 3.63) is 69.4 Å². The number of nitrogens with zero attached hydrogens (tertiary/aromatic N) is 2. The molecule has 0 radical (unpaired) electrons. The second kappa shape index (κ2) is 3.90. The fraction of sp³-hybridized carbons (Fsp3) is 0.167. The van der Waals surface area contributed by atoms with Gasteiger partial charge in [-0.3, -0.25) is 0 Å². The standard InChI is InChI=1S/C12H12N2O2/c1-9-5-3-7-11(13(9)15)12-8-4-6-10(2)14(12)16/h3-8H,1-2H3. The zero-order valence-corrected chi connectivity index (χ0v) is 9.18. The van der Waals surface area contributed by atoms with E-state index in [9.17, 15) is 10.1 Å². The summed E-state index contributed by atoms with van der Waals surface area (Å²) in [5, 5.41) is 12.6. The van der Waals surface area contributed by atoms with Crippen molar-refractivity contribution >= 4 is 0 Å². The van der Waals surface area contributed by atoms with E-state index in [0.717, 1.165) is 9.82 Å². The van der Waals surface area contributed by atoms with E-state index in [4.69, 9.17) is 0 Å². The lowest BCUT2D eigenvalue weighted by atomic mass is 10.1. The summed E-state index contributed by atoms with van der Waals surface area (Å²) in [5.41, 5.74) is 1.88. The third-order valence-corrected chi connectivity index (χ3v) is 2.52. The zero-order chi connectivity index (χ0) is 11.7. The molecule has 4 nitrogen and oxygen atoms in total. The van der Waals surface area contributed by atoms with E-state index in [-0.39, 0.29) is 0 Å². The Morgan fingerprint density at radius 2 is 1.88 bits per heavy atom. The van der Waals surface area contributed by atoms with Crippen molar-refractivity contribution in [1.29, 1.82) is 0 Å². The van der Waals surface area contributed by atoms with Crippen molar-refractivity contribution in [1.82, 2.24) is 5.06 Å². The molecule has 0 fully saturated rings. The van der Waals surface area contributed by atoms with Crippen LogP contribution in [0.2, 0.25) is 0 Å². The van der Waals surface area contributed by atoms with Crippen LogP contribution in [0.5, 0.6) is 0 Å². The number of hydrogen-bond acceptors (Lipinski definition) is 3. The first kappa shape index (κ1) is 10.6. The van der Waals surface area contributed by atoms with Crippen molar-refractivity contribution < 1.29 is 4.76 Å². The van der Waals surface area contributed by atoms with Crippen LogP contribution in [0.3, 0.4) is 0 Å². The Kier molecular flexibility index (Phi) is 2.58. The molecule has 0 amide bonds. The van der Waals surface area contributed by atoms with Gasteiger partial charge in [0.25, 0.3) is 5.70 Å². The maximum atomic E-state index is 11.8. The van der Waals surface area contributed by atoms with E-state index in [2.05, 4.69) is 0 Å². The fourth-order valence-electron chi connectivity index (χ4n) is 1.59. The summed E-state index contributed by atoms with van der Waals surface area (Å²) in [4.78, 5) is 11.8. The summed E-state index contributed by atoms with van der Waals surface area (Å²) >= 11 is 0. The van der Waals surface area contributed by atoms with Gasteiger partial charge < -0.3 is 10.3 Å². The molecule has 0 saturated heterocycles. The van der Waals surface area contributed by atoms with Crippen molar-refractivity contribution in [3.63, 3.8) is 0 Å². The van der Waals surface area contributed by atoms with Crippen LogP contribution in [0.15, 0.2) is 59.2 Å². The molecule has 0 aliphatic carbocycles. The fourth-order valence-corrected chi connectivity index (χ4v) is 1.59. The van der Waals surface area contributed by atoms with Gasteiger partial charge in [0, 0.05) is 29.7 Å². The highest BCUT2D eigenvalue weighted by molar-refractivity contribution is 5.39. The Labute approximate surface area is 93.7 Å². The molecule has 2 rings (SSSR count). The van der Waals surface area contributed by atoms with E-state index >= 15 is 0 Å². The van der Waals surface area contributed by atoms with Gasteiger partial charge in [0.15, 0.2) is 0 Å². The predicted molar refractivity (Wildman–Crippen MR) is 61.7 cm³/mol. The first-order valence-electron chi connectivity index (χ1n) is 5.00. The van der Waals surface area contributed by atoms with Crippen LogP contribution in [0, 0.1) is 10.1 Å². The molecular weight excluding hydrogens is 204 g/mol. The Morgan fingerprint density at radius 1 is 1.19 bits per heavy atom. The van der Waals surface area contributed by atoms with E-state index in [1.165, 1.54) is 0 Å². The molecule has 0 aromatic carbocycles. The van der Waals surface area contributed by atoms with E-state index in [1.54, 1.807) is 50.3 Å². The maximum absolute atomic E-state index is 11.8. The number of hydroxylamine groups is 2. The Morgan fingerprint density at radius 3 is 2.62 bits per heavy atom. The summed E-state index contributed by atoms with van der Waals surface area (Å²) < 4.78 is 0.767. The largest absolute Gasteiger partial charge is 0.754 e. The summed E-state index contributed by atoms with van der Waals surface area (Å²) in [7, 11) is 0. The predicted octanol–water partition coefficient (Wildman–Crippen LogP) is 2.72. The summed E-state index contributed by atoms with van der Waals surface area (Å²) in [6.07, 6.45) is 10.2. The molecular formula is C12H12N2O2. The average Bonchev–Trinajstić information content (AvgIpc) is 2.27. The van der Waals surface area contributed by atoms with E-state index < -0.39 is 0 Å². The van der Waals surface area contributed by atoms with E-state index in [0.29, 0.717) is 22.8 Å². The molecule has 0 unspecified atom stereocenters. The molecule has 16 heavy (non-hydrogen) atoms. The monoisotopic (exact) mass is 216 g/mol. The molecule has 4 heteroatoms. The van der Waals surface area contributed by atoms with Gasteiger partial charge in [-0.15, -0.1) is 0 Å². The zero-order valence-electron chi connectivity index (χ0n) is 9.18. The number of rotatable bonds is 0. The Balaban J connectivity index is 2.48. The minimum Gasteiger partial charge on any atom is -0.754 e. The number of nitroso groups, excluding NO2 is 1. The first-order chi connectivity index (χ1) is 7.61. The minimum atomic E-state index is 0.374. The molecule has 2 aliphatic rings. The van der Waals surface area contributed by atoms with Crippen LogP contribution in [0.1, 0.15) is 13.8 Å². The van der Waals surface area contributed by atoms with Crippen LogP contribution in [-0.2, 0) is 0 Å². The minimum absolute atomic E-state index is 0.374. The molecule has 0 N–H and O–H groups in total. The normalized spacial score (nSPS) is 24.7. The van der Waals surface area contributed by atoms with Gasteiger partial charge >= 0.3 is 0 Å². The van der Waals surface area contributed by atoms with Gasteiger partial charge in [-0.05, 0) is 25.2 Å². The highest BCUT2D eigenvalue weighted by Gasteiger charge is 2.26. The van der Waals surface area contributed by atoms with Gasteiger partial charge in [-0.25, -0.2) is 0 Å². The van der Waals surface area contributed by atoms with Gasteiger partial charge in [-0.2, -0.15) is 0 Å². The Bertz CT molecular complexity index is 493. The maximum Gasteiger partial charge on any atom is 0.285 e. The van der Waals surface area contributed by atoms with Crippen LogP contribution in [0.4, 0.5) is 0 Å². The van der Waals surface area contributed by atoms with Gasteiger partial charge in [0.1, 0.15) is 5.70 Å². The van der Waals surface area contributed by atoms with E-state index in [1.807, 2.05) is 0 Å². The smallest absolute Gasteiger partial charge is 0.285 e. The molecule has 0 bridgehead atoms. The quantitative estimate of drug-likeness (QED) is 0.585. The van der Waals surface area contributed by atoms with Crippen molar-refractivity contribution in [2.45, 2.75) is 13.8 Å². The van der Waals surface area contributed by atoms with Crippen LogP contribution in [-0.4, -0.2) is 9.82 Å². The first-order valence-corrected chi connectivity index (χ1v) is 5.00. The highest BCUT2D eigenvalue weighted by atomic mass is 16.5. The summed E-state index contributed by atoms with van der Waals surface area (Å²) in [6, 6.07) is 0. The molecule has 2 heterocycles. The molecule has 0 atom stereocenters. The molecule has 0 aromatic rings. The number of hydrogen-bond donors (Lipinski definition) is 0. The van der Waals surface area contributed by atoms with Crippen LogP contribution >= 0.6 is 0 Å². The van der Waals surface area contributed by atoms with Crippen molar-refractivity contribution in [3.8, 4) is 0 Å². The number of allylic oxidation sites excluding steroid dienone is 8. The van der Waals surface area contributed by atoms with Gasteiger partial charge in [0.2, 0.25) is 5.70 Å². The SMILES string of the molecule is CC1=CC=CC(=C2C=CC=C(C)[N+]2=O)N1[O-]. The third-order valence-electron chi connectivity index (χ3n) is 2.52. The van der Waals surface area contributed by atoms with Crippen molar-refractivity contribution in [2.24, 2.45) is 0 Å². The van der Waals surface area contributed by atoms with Crippen LogP contribution in [0.25, 0.3) is 0 Å². The summed E-state index contributed by atoms with van der Waals surface area (Å²) in [5.74, 6) is 0. The Hall–Kier alpha value is -1.94. The molecule has 0 saturated carbocycles. The lowest BCUT2D eigenvalue weighted by Gasteiger charge is -2.33. The lowest BCUT2D eigenvalue weighted by molar-refractivity contribution is -0.442. The molecule has 0 aromatic heterocycles. The lowest BCUT2D eigenvalue weighted by Crippen LogP contribution is -2.20. The highest BCUT2D eigenvalue weighted by Crippen LogP contribution is 2.24. The topological polar surface area (TPSA) is 46.4 Å². The average molecular weight is 216 g/mol. The van der Waals surface area contributed by atoms with Crippen LogP contribution < -0.4 is 0 Å². The third kappa shape index (κ3) is 1.63. The summed E-state index contributed by atoms with van der Waals surface area (Å²) in [6.45, 7) is 3.42. The molecule has 82 valence electrons. The molecule has 2 aliphatic heterocycles. The second-order valence-electron chi connectivity index (χ2n) is 3.69.